The number of carbonyl (C=O) groups is 1. The largest absolute Gasteiger partial charge is 0.481 e. The van der Waals surface area contributed by atoms with E-state index in [0.717, 1.165) is 4.31 Å². The molecule has 96 valence electrons. The smallest absolute Gasteiger partial charge is 0.310 e. The fourth-order valence-corrected chi connectivity index (χ4v) is 3.58. The molecule has 0 aromatic rings. The van der Waals surface area contributed by atoms with Crippen LogP contribution in [0.4, 0.5) is 0 Å². The summed E-state index contributed by atoms with van der Waals surface area (Å²) in [4.78, 5) is 11.0. The van der Waals surface area contributed by atoms with Crippen LogP contribution in [0.15, 0.2) is 0 Å². The van der Waals surface area contributed by atoms with Crippen molar-refractivity contribution < 1.29 is 18.3 Å². The van der Waals surface area contributed by atoms with E-state index in [1.165, 1.54) is 6.92 Å². The number of nitrogens with zero attached hydrogens (tertiary/aromatic N) is 2. The minimum atomic E-state index is -3.70. The summed E-state index contributed by atoms with van der Waals surface area (Å²) in [6, 6.07) is 1.75. The van der Waals surface area contributed by atoms with Gasteiger partial charge in [-0.05, 0) is 19.8 Å². The normalized spacial score (nSPS) is 27.6. The van der Waals surface area contributed by atoms with Crippen molar-refractivity contribution in [3.05, 3.63) is 0 Å². The van der Waals surface area contributed by atoms with Crippen LogP contribution in [-0.2, 0) is 14.8 Å². The second-order valence-electron chi connectivity index (χ2n) is 4.52. The molecule has 1 heterocycles. The first kappa shape index (κ1) is 13.9. The summed E-state index contributed by atoms with van der Waals surface area (Å²) in [6.45, 7) is 3.27. The number of carboxylic acids is 1. The Hall–Kier alpha value is -1.13. The zero-order chi connectivity index (χ0) is 13.3. The molecule has 1 N–H and O–H groups in total. The highest BCUT2D eigenvalue weighted by atomic mass is 32.2. The molecule has 0 spiro atoms. The molecule has 1 saturated heterocycles. The van der Waals surface area contributed by atoms with Gasteiger partial charge in [0.05, 0.1) is 11.5 Å². The van der Waals surface area contributed by atoms with Gasteiger partial charge in [0, 0.05) is 13.1 Å². The van der Waals surface area contributed by atoms with Crippen molar-refractivity contribution in [1.82, 2.24) is 4.31 Å². The summed E-state index contributed by atoms with van der Waals surface area (Å²) in [5.74, 6) is -1.000. The maximum absolute atomic E-state index is 12.0. The van der Waals surface area contributed by atoms with Crippen molar-refractivity contribution in [3.63, 3.8) is 0 Å². The summed E-state index contributed by atoms with van der Waals surface area (Å²) in [6.07, 6.45) is 0.489. The van der Waals surface area contributed by atoms with Crippen molar-refractivity contribution >= 4 is 16.0 Å². The molecule has 0 aromatic carbocycles. The zero-order valence-corrected chi connectivity index (χ0v) is 10.7. The maximum Gasteiger partial charge on any atom is 0.310 e. The first-order valence-electron chi connectivity index (χ1n) is 5.40. The molecule has 2 unspecified atom stereocenters. The third-order valence-corrected chi connectivity index (χ3v) is 5.38. The summed E-state index contributed by atoms with van der Waals surface area (Å²) < 4.78 is 25.2. The number of rotatable bonds is 4. The van der Waals surface area contributed by atoms with Crippen molar-refractivity contribution in [3.8, 4) is 6.07 Å². The molecule has 0 radical (unpaired) electrons. The van der Waals surface area contributed by atoms with Crippen LogP contribution in [0.3, 0.4) is 0 Å². The molecule has 0 saturated carbocycles. The summed E-state index contributed by atoms with van der Waals surface area (Å²) in [5, 5.41) is 16.7. The number of carboxylic acid groups (broad SMARTS) is 1. The average molecular weight is 260 g/mol. The molecular weight excluding hydrogens is 244 g/mol. The van der Waals surface area contributed by atoms with Gasteiger partial charge in [-0.2, -0.15) is 9.57 Å². The molecule has 17 heavy (non-hydrogen) atoms. The lowest BCUT2D eigenvalue weighted by Gasteiger charge is -2.21. The Bertz CT molecular complexity index is 453. The highest BCUT2D eigenvalue weighted by Crippen LogP contribution is 2.33. The van der Waals surface area contributed by atoms with Crippen molar-refractivity contribution in [1.29, 1.82) is 5.26 Å². The second-order valence-corrected chi connectivity index (χ2v) is 6.64. The molecule has 6 nitrogen and oxygen atoms in total. The van der Waals surface area contributed by atoms with E-state index < -0.39 is 26.7 Å². The number of aliphatic carboxylic acids is 1. The van der Waals surface area contributed by atoms with E-state index >= 15 is 0 Å². The highest BCUT2D eigenvalue weighted by Gasteiger charge is 2.46. The van der Waals surface area contributed by atoms with Crippen LogP contribution in [0.5, 0.6) is 0 Å². The topological polar surface area (TPSA) is 98.5 Å². The Morgan fingerprint density at radius 3 is 2.59 bits per heavy atom. The second kappa shape index (κ2) is 4.63. The first-order valence-corrected chi connectivity index (χ1v) is 6.90. The molecule has 0 bridgehead atoms. The Morgan fingerprint density at radius 2 is 2.24 bits per heavy atom. The molecule has 0 aromatic heterocycles. The summed E-state index contributed by atoms with van der Waals surface area (Å²) >= 11 is 0. The van der Waals surface area contributed by atoms with Crippen molar-refractivity contribution in [2.45, 2.75) is 31.9 Å². The molecule has 1 fully saturated rings. The van der Waals surface area contributed by atoms with Crippen molar-refractivity contribution in [2.24, 2.45) is 5.41 Å². The van der Waals surface area contributed by atoms with Gasteiger partial charge in [-0.3, -0.25) is 4.79 Å². The first-order chi connectivity index (χ1) is 7.78. The SMILES string of the molecule is CCC(C#N)S(=O)(=O)N1CCC(C)(C(=O)O)C1. The highest BCUT2D eigenvalue weighted by molar-refractivity contribution is 7.90. The van der Waals surface area contributed by atoms with E-state index in [0.29, 0.717) is 0 Å². The predicted octanol–water partition coefficient (Wildman–Crippen LogP) is 0.415. The number of nitriles is 1. The molecule has 0 amide bonds. The van der Waals surface area contributed by atoms with Crippen LogP contribution >= 0.6 is 0 Å². The fourth-order valence-electron chi connectivity index (χ4n) is 1.86. The molecular formula is C10H16N2O4S. The number of sulfonamides is 1. The van der Waals surface area contributed by atoms with Gasteiger partial charge in [0.15, 0.2) is 5.25 Å². The monoisotopic (exact) mass is 260 g/mol. The third kappa shape index (κ3) is 2.42. The van der Waals surface area contributed by atoms with Gasteiger partial charge in [-0.1, -0.05) is 6.92 Å². The van der Waals surface area contributed by atoms with Gasteiger partial charge in [-0.15, -0.1) is 0 Å². The van der Waals surface area contributed by atoms with E-state index in [2.05, 4.69) is 0 Å². The lowest BCUT2D eigenvalue weighted by atomic mass is 9.90. The predicted molar refractivity (Wildman–Crippen MR) is 60.5 cm³/mol. The average Bonchev–Trinajstić information content (AvgIpc) is 2.64. The van der Waals surface area contributed by atoms with Crippen molar-refractivity contribution in [2.75, 3.05) is 13.1 Å². The standard InChI is InChI=1S/C10H16N2O4S/c1-3-8(6-11)17(15,16)12-5-4-10(2,7-12)9(13)14/h8H,3-5,7H2,1-2H3,(H,13,14). The van der Waals surface area contributed by atoms with Gasteiger partial charge in [0.2, 0.25) is 10.0 Å². The summed E-state index contributed by atoms with van der Waals surface area (Å²) in [7, 11) is -3.70. The minimum Gasteiger partial charge on any atom is -0.481 e. The van der Waals surface area contributed by atoms with Crippen LogP contribution < -0.4 is 0 Å². The van der Waals surface area contributed by atoms with E-state index in [4.69, 9.17) is 10.4 Å². The van der Waals surface area contributed by atoms with E-state index in [9.17, 15) is 13.2 Å². The molecule has 7 heteroatoms. The third-order valence-electron chi connectivity index (χ3n) is 3.19. The minimum absolute atomic E-state index is 0.0527. The van der Waals surface area contributed by atoms with Gasteiger partial charge >= 0.3 is 5.97 Å². The van der Waals surface area contributed by atoms with Crippen LogP contribution in [-0.4, -0.2) is 42.1 Å². The molecule has 1 aliphatic rings. The Balaban J connectivity index is 2.93. The maximum atomic E-state index is 12.0. The lowest BCUT2D eigenvalue weighted by Crippen LogP contribution is -2.39. The van der Waals surface area contributed by atoms with E-state index in [-0.39, 0.29) is 25.9 Å². The molecule has 2 atom stereocenters. The molecule has 0 aliphatic carbocycles. The van der Waals surface area contributed by atoms with E-state index in [1.54, 1.807) is 13.0 Å². The quantitative estimate of drug-likeness (QED) is 0.789. The summed E-state index contributed by atoms with van der Waals surface area (Å²) in [5.41, 5.74) is -1.04. The zero-order valence-electron chi connectivity index (χ0n) is 9.88. The van der Waals surface area contributed by atoms with Gasteiger partial charge in [-0.25, -0.2) is 8.42 Å². The Labute approximate surface area is 101 Å². The Morgan fingerprint density at radius 1 is 1.65 bits per heavy atom. The van der Waals surface area contributed by atoms with Crippen LogP contribution in [0.2, 0.25) is 0 Å². The number of hydrogen-bond acceptors (Lipinski definition) is 4. The number of hydrogen-bond donors (Lipinski definition) is 1. The van der Waals surface area contributed by atoms with Crippen LogP contribution in [0.1, 0.15) is 26.7 Å². The molecule has 1 rings (SSSR count). The molecule has 1 aliphatic heterocycles. The van der Waals surface area contributed by atoms with Crippen LogP contribution in [0.25, 0.3) is 0 Å². The Kier molecular flexibility index (Phi) is 3.79. The van der Waals surface area contributed by atoms with Gasteiger partial charge in [0.1, 0.15) is 0 Å². The van der Waals surface area contributed by atoms with Crippen LogP contribution in [0, 0.1) is 16.7 Å². The fraction of sp³-hybridized carbons (Fsp3) is 0.800. The van der Waals surface area contributed by atoms with Gasteiger partial charge in [0.25, 0.3) is 0 Å². The lowest BCUT2D eigenvalue weighted by molar-refractivity contribution is -0.146. The van der Waals surface area contributed by atoms with Gasteiger partial charge < -0.3 is 5.11 Å². The van der Waals surface area contributed by atoms with E-state index in [1.807, 2.05) is 0 Å².